The van der Waals surface area contributed by atoms with E-state index in [9.17, 15) is 0 Å². The van der Waals surface area contributed by atoms with E-state index in [4.69, 9.17) is 0 Å². The highest BCUT2D eigenvalue weighted by Crippen LogP contribution is 2.33. The Kier molecular flexibility index (Phi) is 6.70. The molecule has 1 unspecified atom stereocenters. The summed E-state index contributed by atoms with van der Waals surface area (Å²) in [5.74, 6) is 8.75. The van der Waals surface area contributed by atoms with Crippen molar-refractivity contribution >= 4 is 0 Å². The van der Waals surface area contributed by atoms with E-state index in [1.165, 1.54) is 83.5 Å². The zero-order chi connectivity index (χ0) is 12.5. The summed E-state index contributed by atoms with van der Waals surface area (Å²) in [5.41, 5.74) is 0. The highest BCUT2D eigenvalue weighted by Gasteiger charge is 2.21. The van der Waals surface area contributed by atoms with Crippen LogP contribution in [0.2, 0.25) is 0 Å². The molecule has 0 aromatic carbocycles. The second kappa shape index (κ2) is 8.63. The van der Waals surface area contributed by atoms with Crippen molar-refractivity contribution in [2.45, 2.75) is 89.9 Å². The zero-order valence-electron chi connectivity index (χ0n) is 12.1. The topological polar surface area (TPSA) is 0 Å². The maximum Gasteiger partial charge on any atom is 0.00914 e. The molecule has 1 fully saturated rings. The molecule has 2 aliphatic rings. The molecule has 0 aromatic rings. The molecule has 0 heterocycles. The predicted molar refractivity (Wildman–Crippen MR) is 79.4 cm³/mol. The number of hydrogen-bond donors (Lipinski definition) is 0. The molecule has 0 radical (unpaired) electrons. The van der Waals surface area contributed by atoms with Crippen LogP contribution in [0.1, 0.15) is 89.9 Å². The Bertz CT molecular complexity index is 257. The van der Waals surface area contributed by atoms with Gasteiger partial charge in [0.25, 0.3) is 0 Å². The zero-order valence-corrected chi connectivity index (χ0v) is 12.1. The molecule has 18 heavy (non-hydrogen) atoms. The van der Waals surface area contributed by atoms with E-state index < -0.39 is 0 Å². The van der Waals surface area contributed by atoms with Gasteiger partial charge in [0.2, 0.25) is 0 Å². The van der Waals surface area contributed by atoms with Crippen molar-refractivity contribution in [3.63, 3.8) is 0 Å². The normalized spacial score (nSPS) is 28.6. The van der Waals surface area contributed by atoms with Crippen LogP contribution in [0.3, 0.4) is 0 Å². The molecule has 0 aliphatic heterocycles. The van der Waals surface area contributed by atoms with Crippen LogP contribution in [-0.4, -0.2) is 0 Å². The van der Waals surface area contributed by atoms with Crippen LogP contribution in [-0.2, 0) is 0 Å². The fraction of sp³-hybridized carbons (Fsp3) is 0.889. The second-order valence-corrected chi connectivity index (χ2v) is 6.36. The fourth-order valence-electron chi connectivity index (χ4n) is 3.81. The summed E-state index contributed by atoms with van der Waals surface area (Å²) < 4.78 is 0. The van der Waals surface area contributed by atoms with Gasteiger partial charge in [-0.3, -0.25) is 0 Å². The Morgan fingerprint density at radius 1 is 0.444 bits per heavy atom. The summed E-state index contributed by atoms with van der Waals surface area (Å²) in [6.07, 6.45) is 19.9. The van der Waals surface area contributed by atoms with Crippen LogP contribution in [0.25, 0.3) is 0 Å². The molecule has 0 aromatic heterocycles. The third kappa shape index (κ3) is 5.05. The maximum absolute atomic E-state index is 3.39. The van der Waals surface area contributed by atoms with E-state index in [0.29, 0.717) is 0 Å². The summed E-state index contributed by atoms with van der Waals surface area (Å²) in [4.78, 5) is 0. The molecule has 0 spiro atoms. The average molecular weight is 246 g/mol. The van der Waals surface area contributed by atoms with E-state index in [2.05, 4.69) is 11.8 Å². The molecule has 102 valence electrons. The van der Waals surface area contributed by atoms with Crippen molar-refractivity contribution in [2.75, 3.05) is 0 Å². The largest absolute Gasteiger partial charge is 0.103 e. The van der Waals surface area contributed by atoms with Gasteiger partial charge >= 0.3 is 0 Å². The minimum absolute atomic E-state index is 0.996. The smallest absolute Gasteiger partial charge is 0.00914 e. The predicted octanol–water partition coefficient (Wildman–Crippen LogP) is 5.71. The van der Waals surface area contributed by atoms with Crippen LogP contribution in [0.4, 0.5) is 0 Å². The summed E-state index contributed by atoms with van der Waals surface area (Å²) >= 11 is 0. The molecule has 1 saturated carbocycles. The van der Waals surface area contributed by atoms with Crippen LogP contribution in [0, 0.1) is 23.7 Å². The van der Waals surface area contributed by atoms with Gasteiger partial charge < -0.3 is 0 Å². The lowest BCUT2D eigenvalue weighted by Crippen LogP contribution is -2.15. The van der Waals surface area contributed by atoms with Crippen molar-refractivity contribution in [1.29, 1.82) is 0 Å². The molecule has 0 N–H and O–H groups in total. The van der Waals surface area contributed by atoms with Gasteiger partial charge in [-0.15, -0.1) is 11.8 Å². The highest BCUT2D eigenvalue weighted by atomic mass is 14.3. The van der Waals surface area contributed by atoms with Gasteiger partial charge in [-0.2, -0.15) is 0 Å². The molecule has 1 atom stereocenters. The lowest BCUT2D eigenvalue weighted by atomic mass is 9.79. The summed E-state index contributed by atoms with van der Waals surface area (Å²) in [7, 11) is 0. The van der Waals surface area contributed by atoms with Crippen molar-refractivity contribution in [2.24, 2.45) is 11.8 Å². The van der Waals surface area contributed by atoms with E-state index in [0.717, 1.165) is 18.3 Å². The van der Waals surface area contributed by atoms with E-state index >= 15 is 0 Å². The molecule has 0 amide bonds. The number of hydrogen-bond acceptors (Lipinski definition) is 0. The Morgan fingerprint density at radius 2 is 0.944 bits per heavy atom. The summed E-state index contributed by atoms with van der Waals surface area (Å²) in [6, 6.07) is 0. The molecule has 0 heteroatoms. The van der Waals surface area contributed by atoms with Crippen LogP contribution < -0.4 is 0 Å². The molecule has 0 saturated heterocycles. The van der Waals surface area contributed by atoms with Crippen molar-refractivity contribution in [1.82, 2.24) is 0 Å². The van der Waals surface area contributed by atoms with Crippen molar-refractivity contribution in [3.05, 3.63) is 0 Å². The second-order valence-electron chi connectivity index (χ2n) is 6.36. The van der Waals surface area contributed by atoms with Crippen LogP contribution >= 0.6 is 0 Å². The minimum Gasteiger partial charge on any atom is -0.103 e. The summed E-state index contributed by atoms with van der Waals surface area (Å²) in [6.45, 7) is 0. The lowest BCUT2D eigenvalue weighted by molar-refractivity contribution is 0.251. The van der Waals surface area contributed by atoms with Crippen molar-refractivity contribution < 1.29 is 0 Å². The Balaban J connectivity index is 1.86. The molecule has 0 nitrogen and oxygen atoms in total. The first kappa shape index (κ1) is 14.0. The highest BCUT2D eigenvalue weighted by molar-refractivity contribution is 4.99. The quantitative estimate of drug-likeness (QED) is 0.520. The third-order valence-electron chi connectivity index (χ3n) is 4.96. The van der Waals surface area contributed by atoms with Crippen molar-refractivity contribution in [3.8, 4) is 11.8 Å². The van der Waals surface area contributed by atoms with Gasteiger partial charge in [0.05, 0.1) is 0 Å². The molecule has 0 bridgehead atoms. The number of rotatable bonds is 1. The molecule has 2 rings (SSSR count). The van der Waals surface area contributed by atoms with E-state index in [-0.39, 0.29) is 0 Å². The van der Waals surface area contributed by atoms with Crippen LogP contribution in [0.15, 0.2) is 0 Å². The monoisotopic (exact) mass is 246 g/mol. The standard InChI is InChI=1S/C18H30/c1-2-6-10-14-17(13-9-5-1)18-15-11-7-3-4-8-12-16-18/h17-18H,1-3,5-7,9-16H2. The minimum atomic E-state index is 0.996. The lowest BCUT2D eigenvalue weighted by Gasteiger charge is -2.26. The van der Waals surface area contributed by atoms with Gasteiger partial charge in [0.1, 0.15) is 0 Å². The third-order valence-corrected chi connectivity index (χ3v) is 4.96. The summed E-state index contributed by atoms with van der Waals surface area (Å²) in [5, 5.41) is 0. The van der Waals surface area contributed by atoms with Gasteiger partial charge in [-0.25, -0.2) is 0 Å². The van der Waals surface area contributed by atoms with E-state index in [1.54, 1.807) is 0 Å². The van der Waals surface area contributed by atoms with Gasteiger partial charge in [0.15, 0.2) is 0 Å². The first-order valence-electron chi connectivity index (χ1n) is 8.42. The van der Waals surface area contributed by atoms with Gasteiger partial charge in [-0.1, -0.05) is 64.2 Å². The van der Waals surface area contributed by atoms with E-state index in [1.807, 2.05) is 0 Å². The Morgan fingerprint density at radius 3 is 1.67 bits per heavy atom. The molecular formula is C18H30. The first-order valence-corrected chi connectivity index (χ1v) is 8.42. The average Bonchev–Trinajstić information content (AvgIpc) is 2.61. The fourth-order valence-corrected chi connectivity index (χ4v) is 3.81. The van der Waals surface area contributed by atoms with Gasteiger partial charge in [0, 0.05) is 12.8 Å². The maximum atomic E-state index is 3.39. The van der Waals surface area contributed by atoms with Gasteiger partial charge in [-0.05, 0) is 24.7 Å². The SMILES string of the molecule is C1#CCCC(C2CCCCCCCC2)CCCC1. The first-order chi connectivity index (χ1) is 8.97. The molecular weight excluding hydrogens is 216 g/mol. The van der Waals surface area contributed by atoms with Crippen LogP contribution in [0.5, 0.6) is 0 Å². The Hall–Kier alpha value is -0.440. The molecule has 2 aliphatic carbocycles. The Labute approximate surface area is 114 Å².